The fourth-order valence-electron chi connectivity index (χ4n) is 3.00. The molecule has 0 aromatic heterocycles. The first-order valence-electron chi connectivity index (χ1n) is 7.93. The van der Waals surface area contributed by atoms with E-state index in [1.807, 2.05) is 0 Å². The Morgan fingerprint density at radius 1 is 1.38 bits per heavy atom. The Kier molecular flexibility index (Phi) is 6.32. The van der Waals surface area contributed by atoms with E-state index in [-0.39, 0.29) is 30.4 Å². The van der Waals surface area contributed by atoms with Gasteiger partial charge >= 0.3 is 6.03 Å². The molecule has 3 N–H and O–H groups in total. The van der Waals surface area contributed by atoms with E-state index in [1.165, 1.54) is 0 Å². The number of hydrogen-bond donors (Lipinski definition) is 3. The molecule has 2 aliphatic heterocycles. The Balaban J connectivity index is 0.00000208. The number of carbonyl (C=O) groups excluding carboxylic acids is 2. The van der Waals surface area contributed by atoms with Crippen molar-refractivity contribution in [3.05, 3.63) is 28.8 Å². The highest BCUT2D eigenvalue weighted by atomic mass is 35.5. The van der Waals surface area contributed by atoms with Crippen molar-refractivity contribution in [2.24, 2.45) is 5.92 Å². The number of benzene rings is 1. The monoisotopic (exact) mass is 372 g/mol. The minimum Gasteiger partial charge on any atom is -0.348 e. The van der Waals surface area contributed by atoms with Crippen LogP contribution in [0.5, 0.6) is 0 Å². The van der Waals surface area contributed by atoms with Crippen LogP contribution in [0.1, 0.15) is 23.7 Å². The van der Waals surface area contributed by atoms with Crippen molar-refractivity contribution in [3.63, 3.8) is 0 Å². The molecule has 0 bridgehead atoms. The first-order valence-corrected chi connectivity index (χ1v) is 8.30. The number of urea groups is 1. The summed E-state index contributed by atoms with van der Waals surface area (Å²) in [5.41, 5.74) is 1.09. The third-order valence-electron chi connectivity index (χ3n) is 4.50. The van der Waals surface area contributed by atoms with E-state index in [2.05, 4.69) is 22.9 Å². The van der Waals surface area contributed by atoms with Gasteiger partial charge in [0.15, 0.2) is 0 Å². The van der Waals surface area contributed by atoms with Crippen LogP contribution < -0.4 is 20.9 Å². The average molecular weight is 373 g/mol. The van der Waals surface area contributed by atoms with Gasteiger partial charge < -0.3 is 16.0 Å². The van der Waals surface area contributed by atoms with E-state index in [1.54, 1.807) is 23.1 Å². The third-order valence-corrected chi connectivity index (χ3v) is 4.82. The summed E-state index contributed by atoms with van der Waals surface area (Å²) in [7, 11) is 0. The maximum atomic E-state index is 12.5. The van der Waals surface area contributed by atoms with Gasteiger partial charge in [-0.3, -0.25) is 9.69 Å². The Hall–Kier alpha value is -1.50. The zero-order valence-electron chi connectivity index (χ0n) is 13.5. The van der Waals surface area contributed by atoms with Gasteiger partial charge in [-0.15, -0.1) is 12.4 Å². The number of rotatable bonds is 3. The predicted molar refractivity (Wildman–Crippen MR) is 97.3 cm³/mol. The second-order valence-electron chi connectivity index (χ2n) is 6.10. The van der Waals surface area contributed by atoms with Gasteiger partial charge in [-0.05, 0) is 37.1 Å². The molecular weight excluding hydrogens is 351 g/mol. The third kappa shape index (κ3) is 3.94. The van der Waals surface area contributed by atoms with Crippen LogP contribution in [-0.2, 0) is 0 Å². The van der Waals surface area contributed by atoms with Crippen molar-refractivity contribution in [1.82, 2.24) is 16.0 Å². The largest absolute Gasteiger partial charge is 0.348 e. The molecule has 2 heterocycles. The summed E-state index contributed by atoms with van der Waals surface area (Å²) in [6.45, 7) is 5.04. The first-order chi connectivity index (χ1) is 11.1. The number of piperidine rings is 1. The van der Waals surface area contributed by atoms with Gasteiger partial charge in [0.1, 0.15) is 0 Å². The molecule has 2 unspecified atom stereocenters. The summed E-state index contributed by atoms with van der Waals surface area (Å²) < 4.78 is 0. The summed E-state index contributed by atoms with van der Waals surface area (Å²) in [5, 5.41) is 9.57. The van der Waals surface area contributed by atoms with Gasteiger partial charge in [-0.2, -0.15) is 0 Å². The normalized spacial score (nSPS) is 23.4. The van der Waals surface area contributed by atoms with Crippen molar-refractivity contribution < 1.29 is 9.59 Å². The molecule has 24 heavy (non-hydrogen) atoms. The number of anilines is 1. The summed E-state index contributed by atoms with van der Waals surface area (Å²) in [6, 6.07) is 4.97. The fourth-order valence-corrected chi connectivity index (χ4v) is 3.22. The molecule has 0 aliphatic carbocycles. The molecule has 1 aromatic carbocycles. The molecule has 2 atom stereocenters. The lowest BCUT2D eigenvalue weighted by atomic mass is 9.94. The van der Waals surface area contributed by atoms with Crippen molar-refractivity contribution >= 4 is 41.6 Å². The number of hydrogen-bond acceptors (Lipinski definition) is 3. The molecule has 1 aromatic rings. The highest BCUT2D eigenvalue weighted by Crippen LogP contribution is 2.28. The quantitative estimate of drug-likeness (QED) is 0.759. The molecule has 8 heteroatoms. The maximum Gasteiger partial charge on any atom is 0.322 e. The topological polar surface area (TPSA) is 73.5 Å². The fraction of sp³-hybridized carbons (Fsp3) is 0.500. The van der Waals surface area contributed by atoms with Crippen LogP contribution in [0.15, 0.2) is 18.2 Å². The lowest BCUT2D eigenvalue weighted by Gasteiger charge is -2.30. The molecule has 2 fully saturated rings. The van der Waals surface area contributed by atoms with Crippen LogP contribution in [0.4, 0.5) is 10.5 Å². The number of nitrogens with one attached hydrogen (secondary N) is 3. The van der Waals surface area contributed by atoms with Gasteiger partial charge in [0.2, 0.25) is 0 Å². The van der Waals surface area contributed by atoms with Crippen molar-refractivity contribution in [2.45, 2.75) is 19.4 Å². The molecule has 3 rings (SSSR count). The van der Waals surface area contributed by atoms with Crippen LogP contribution >= 0.6 is 24.0 Å². The first kappa shape index (κ1) is 18.8. The second-order valence-corrected chi connectivity index (χ2v) is 6.51. The van der Waals surface area contributed by atoms with Crippen LogP contribution in [0.2, 0.25) is 5.02 Å². The van der Waals surface area contributed by atoms with E-state index in [4.69, 9.17) is 11.6 Å². The number of halogens is 2. The molecule has 2 saturated heterocycles. The molecule has 132 valence electrons. The highest BCUT2D eigenvalue weighted by Gasteiger charge is 2.26. The minimum absolute atomic E-state index is 0. The number of amides is 3. The van der Waals surface area contributed by atoms with Gasteiger partial charge in [-0.25, -0.2) is 4.79 Å². The number of nitrogens with zero attached hydrogens (tertiary/aromatic N) is 1. The zero-order valence-corrected chi connectivity index (χ0v) is 15.0. The zero-order chi connectivity index (χ0) is 16.4. The van der Waals surface area contributed by atoms with E-state index in [0.717, 1.165) is 19.5 Å². The maximum absolute atomic E-state index is 12.5. The molecular formula is C16H22Cl2N4O2. The summed E-state index contributed by atoms with van der Waals surface area (Å²) in [4.78, 5) is 25.9. The lowest BCUT2D eigenvalue weighted by Crippen LogP contribution is -2.50. The standard InChI is InChI=1S/C16H21ClN4O2.ClH/c1-10-4-5-18-9-13(10)20-15(22)11-2-3-12(17)14(8-11)21-7-6-19-16(21)23;/h2-3,8,10,13,18H,4-7,9H2,1H3,(H,19,23)(H,20,22);1H. The minimum atomic E-state index is -0.186. The highest BCUT2D eigenvalue weighted by molar-refractivity contribution is 6.34. The number of carbonyl (C=O) groups is 2. The van der Waals surface area contributed by atoms with Gasteiger partial charge in [0, 0.05) is 31.2 Å². The van der Waals surface area contributed by atoms with Crippen molar-refractivity contribution in [1.29, 1.82) is 0 Å². The van der Waals surface area contributed by atoms with Crippen LogP contribution in [0.3, 0.4) is 0 Å². The summed E-state index contributed by atoms with van der Waals surface area (Å²) >= 11 is 6.20. The SMILES string of the molecule is CC1CCNCC1NC(=O)c1ccc(Cl)c(N2CCNC2=O)c1.Cl. The van der Waals surface area contributed by atoms with Crippen molar-refractivity contribution in [3.8, 4) is 0 Å². The van der Waals surface area contributed by atoms with E-state index in [9.17, 15) is 9.59 Å². The predicted octanol–water partition coefficient (Wildman–Crippen LogP) is 2.02. The van der Waals surface area contributed by atoms with Crippen LogP contribution in [-0.4, -0.2) is 44.2 Å². The van der Waals surface area contributed by atoms with Gasteiger partial charge in [0.25, 0.3) is 5.91 Å². The molecule has 0 spiro atoms. The Morgan fingerprint density at radius 2 is 2.17 bits per heavy atom. The van der Waals surface area contributed by atoms with Crippen molar-refractivity contribution in [2.75, 3.05) is 31.1 Å². The van der Waals surface area contributed by atoms with Gasteiger partial charge in [0.05, 0.1) is 10.7 Å². The smallest absolute Gasteiger partial charge is 0.322 e. The lowest BCUT2D eigenvalue weighted by molar-refractivity contribution is 0.0915. The Morgan fingerprint density at radius 3 is 2.83 bits per heavy atom. The molecule has 0 radical (unpaired) electrons. The molecule has 3 amide bonds. The summed E-state index contributed by atoms with van der Waals surface area (Å²) in [5.74, 6) is 0.305. The van der Waals surface area contributed by atoms with E-state index in [0.29, 0.717) is 35.3 Å². The second kappa shape index (κ2) is 8.05. The Bertz CT molecular complexity index is 626. The molecule has 6 nitrogen and oxygen atoms in total. The summed E-state index contributed by atoms with van der Waals surface area (Å²) in [6.07, 6.45) is 1.05. The molecule has 0 saturated carbocycles. The Labute approximate surface area is 152 Å². The average Bonchev–Trinajstić information content (AvgIpc) is 2.96. The van der Waals surface area contributed by atoms with Crippen LogP contribution in [0, 0.1) is 5.92 Å². The molecule has 2 aliphatic rings. The van der Waals surface area contributed by atoms with E-state index >= 15 is 0 Å². The van der Waals surface area contributed by atoms with E-state index < -0.39 is 0 Å². The van der Waals surface area contributed by atoms with Gasteiger partial charge in [-0.1, -0.05) is 18.5 Å². The van der Waals surface area contributed by atoms with Crippen LogP contribution in [0.25, 0.3) is 0 Å².